The Balaban J connectivity index is 1.34. The molecule has 148 valence electrons. The Hall–Kier alpha value is -3.02. The largest absolute Gasteiger partial charge is 0.338 e. The maximum atomic E-state index is 13.0. The Morgan fingerprint density at radius 2 is 1.79 bits per heavy atom. The zero-order valence-electron chi connectivity index (χ0n) is 16.6. The highest BCUT2D eigenvalue weighted by atomic mass is 16.2. The van der Waals surface area contributed by atoms with Crippen LogP contribution in [0.2, 0.25) is 0 Å². The Kier molecular flexibility index (Phi) is 4.62. The quantitative estimate of drug-likeness (QED) is 0.732. The summed E-state index contributed by atoms with van der Waals surface area (Å²) in [5, 5.41) is 7.51. The molecule has 0 radical (unpaired) electrons. The zero-order chi connectivity index (χ0) is 19.8. The number of nitrogens with one attached hydrogen (secondary N) is 1. The van der Waals surface area contributed by atoms with Gasteiger partial charge in [-0.1, -0.05) is 29.8 Å². The van der Waals surface area contributed by atoms with Crippen molar-refractivity contribution < 1.29 is 4.79 Å². The van der Waals surface area contributed by atoms with Crippen molar-refractivity contribution in [3.8, 4) is 11.1 Å². The first-order valence-corrected chi connectivity index (χ1v) is 10.4. The zero-order valence-corrected chi connectivity index (χ0v) is 16.6. The molecule has 2 fully saturated rings. The van der Waals surface area contributed by atoms with Gasteiger partial charge in [0.25, 0.3) is 5.91 Å². The lowest BCUT2D eigenvalue weighted by Gasteiger charge is -2.32. The number of likely N-dealkylation sites (tertiary alicyclic amines) is 1. The number of hydrogen-bond donors (Lipinski definition) is 1. The molecule has 5 rings (SSSR count). The van der Waals surface area contributed by atoms with Crippen LogP contribution in [-0.2, 0) is 0 Å². The standard InChI is InChI=1S/C23H25N5O/c1-15-4-6-16(7-5-15)20-13-26-27-21(20)18-3-2-10-28(14-18)23(29)19-11-24-22(25-12-19)17-8-9-17/h4-7,11-13,17-18H,2-3,8-10,14H2,1H3,(H,26,27)/t18-/m0/s1. The Morgan fingerprint density at radius 3 is 2.52 bits per heavy atom. The van der Waals surface area contributed by atoms with Crippen LogP contribution in [0.15, 0.2) is 42.9 Å². The van der Waals surface area contributed by atoms with Crippen molar-refractivity contribution in [2.75, 3.05) is 13.1 Å². The van der Waals surface area contributed by atoms with Gasteiger partial charge in [0.05, 0.1) is 11.8 Å². The number of H-pyrrole nitrogens is 1. The molecule has 1 aromatic carbocycles. The predicted octanol–water partition coefficient (Wildman–Crippen LogP) is 4.07. The first-order chi connectivity index (χ1) is 14.2. The van der Waals surface area contributed by atoms with Crippen LogP contribution in [0.4, 0.5) is 0 Å². The first kappa shape index (κ1) is 18.0. The van der Waals surface area contributed by atoms with Crippen LogP contribution < -0.4 is 0 Å². The highest BCUT2D eigenvalue weighted by Gasteiger charge is 2.30. The third kappa shape index (κ3) is 3.67. The van der Waals surface area contributed by atoms with Crippen LogP contribution in [0.1, 0.15) is 65.0 Å². The van der Waals surface area contributed by atoms with E-state index in [0.29, 0.717) is 18.0 Å². The molecule has 1 atom stereocenters. The lowest BCUT2D eigenvalue weighted by Crippen LogP contribution is -2.39. The van der Waals surface area contributed by atoms with Crippen LogP contribution >= 0.6 is 0 Å². The summed E-state index contributed by atoms with van der Waals surface area (Å²) in [5.41, 5.74) is 5.22. The van der Waals surface area contributed by atoms with E-state index < -0.39 is 0 Å². The van der Waals surface area contributed by atoms with Gasteiger partial charge in [-0.25, -0.2) is 9.97 Å². The lowest BCUT2D eigenvalue weighted by molar-refractivity contribution is 0.0705. The van der Waals surface area contributed by atoms with Gasteiger partial charge < -0.3 is 4.90 Å². The fourth-order valence-electron chi connectivity index (χ4n) is 4.15. The summed E-state index contributed by atoms with van der Waals surface area (Å²) >= 11 is 0. The average Bonchev–Trinajstić information content (AvgIpc) is 3.50. The van der Waals surface area contributed by atoms with Gasteiger partial charge in [0.15, 0.2) is 0 Å². The minimum absolute atomic E-state index is 0.0217. The van der Waals surface area contributed by atoms with Crippen molar-refractivity contribution >= 4 is 5.91 Å². The molecule has 0 spiro atoms. The summed E-state index contributed by atoms with van der Waals surface area (Å²) < 4.78 is 0. The van der Waals surface area contributed by atoms with E-state index in [2.05, 4.69) is 51.4 Å². The van der Waals surface area contributed by atoms with Gasteiger partial charge in [-0.2, -0.15) is 5.10 Å². The van der Waals surface area contributed by atoms with Crippen molar-refractivity contribution in [3.63, 3.8) is 0 Å². The predicted molar refractivity (Wildman–Crippen MR) is 111 cm³/mol. The fraction of sp³-hybridized carbons (Fsp3) is 0.391. The third-order valence-corrected chi connectivity index (χ3v) is 6.01. The molecule has 3 heterocycles. The number of carbonyl (C=O) groups excluding carboxylic acids is 1. The van der Waals surface area contributed by atoms with Crippen molar-refractivity contribution in [2.24, 2.45) is 0 Å². The SMILES string of the molecule is Cc1ccc(-c2cn[nH]c2[C@H]2CCCN(C(=O)c3cnc(C4CC4)nc3)C2)cc1. The van der Waals surface area contributed by atoms with Gasteiger partial charge in [-0.15, -0.1) is 0 Å². The van der Waals surface area contributed by atoms with E-state index in [9.17, 15) is 4.79 Å². The second kappa shape index (κ2) is 7.43. The maximum absolute atomic E-state index is 13.0. The number of aromatic nitrogens is 4. The molecule has 2 aromatic heterocycles. The van der Waals surface area contributed by atoms with Crippen LogP contribution in [-0.4, -0.2) is 44.1 Å². The lowest BCUT2D eigenvalue weighted by atomic mass is 9.90. The van der Waals surface area contributed by atoms with Crippen molar-refractivity contribution in [1.29, 1.82) is 0 Å². The summed E-state index contributed by atoms with van der Waals surface area (Å²) in [6.45, 7) is 3.55. The van der Waals surface area contributed by atoms with Gasteiger partial charge in [-0.3, -0.25) is 9.89 Å². The first-order valence-electron chi connectivity index (χ1n) is 10.4. The van der Waals surface area contributed by atoms with E-state index in [1.165, 1.54) is 5.56 Å². The molecule has 29 heavy (non-hydrogen) atoms. The monoisotopic (exact) mass is 387 g/mol. The van der Waals surface area contributed by atoms with Gasteiger partial charge in [0.2, 0.25) is 0 Å². The number of piperidine rings is 1. The van der Waals surface area contributed by atoms with E-state index in [1.54, 1.807) is 12.4 Å². The van der Waals surface area contributed by atoms with Crippen molar-refractivity contribution in [1.82, 2.24) is 25.1 Å². The fourth-order valence-corrected chi connectivity index (χ4v) is 4.15. The summed E-state index contributed by atoms with van der Waals surface area (Å²) in [7, 11) is 0. The third-order valence-electron chi connectivity index (χ3n) is 6.01. The summed E-state index contributed by atoms with van der Waals surface area (Å²) in [4.78, 5) is 23.8. The summed E-state index contributed by atoms with van der Waals surface area (Å²) in [6, 6.07) is 8.50. The molecule has 0 bridgehead atoms. The van der Waals surface area contributed by atoms with Gasteiger partial charge >= 0.3 is 0 Å². The highest BCUT2D eigenvalue weighted by Crippen LogP contribution is 2.38. The second-order valence-electron chi connectivity index (χ2n) is 8.26. The molecule has 0 unspecified atom stereocenters. The number of aryl methyl sites for hydroxylation is 1. The number of amides is 1. The molecule has 3 aromatic rings. The number of hydrogen-bond acceptors (Lipinski definition) is 4. The summed E-state index contributed by atoms with van der Waals surface area (Å²) in [6.07, 6.45) is 9.63. The molecular formula is C23H25N5O. The summed E-state index contributed by atoms with van der Waals surface area (Å²) in [5.74, 6) is 1.64. The van der Waals surface area contributed by atoms with Gasteiger partial charge in [-0.05, 0) is 38.2 Å². The maximum Gasteiger partial charge on any atom is 0.257 e. The second-order valence-corrected chi connectivity index (χ2v) is 8.26. The number of carbonyl (C=O) groups is 1. The molecule has 1 aliphatic heterocycles. The number of benzene rings is 1. The number of nitrogens with zero attached hydrogens (tertiary/aromatic N) is 4. The van der Waals surface area contributed by atoms with E-state index >= 15 is 0 Å². The normalized spacial score (nSPS) is 19.3. The highest BCUT2D eigenvalue weighted by molar-refractivity contribution is 5.93. The molecule has 2 aliphatic rings. The molecular weight excluding hydrogens is 362 g/mol. The van der Waals surface area contributed by atoms with Crippen LogP contribution in [0, 0.1) is 6.92 Å². The van der Waals surface area contributed by atoms with Crippen molar-refractivity contribution in [2.45, 2.75) is 44.4 Å². The number of aromatic amines is 1. The number of rotatable bonds is 4. The average molecular weight is 387 g/mol. The minimum atomic E-state index is 0.0217. The Labute approximate surface area is 170 Å². The molecule has 6 nitrogen and oxygen atoms in total. The van der Waals surface area contributed by atoms with Crippen molar-refractivity contribution in [3.05, 3.63) is 65.5 Å². The molecule has 1 N–H and O–H groups in total. The van der Waals surface area contributed by atoms with Crippen LogP contribution in [0.3, 0.4) is 0 Å². The smallest absolute Gasteiger partial charge is 0.257 e. The van der Waals surface area contributed by atoms with E-state index in [0.717, 1.165) is 54.9 Å². The van der Waals surface area contributed by atoms with Crippen LogP contribution in [0.25, 0.3) is 11.1 Å². The Bertz CT molecular complexity index is 1000. The molecule has 1 amide bonds. The topological polar surface area (TPSA) is 74.8 Å². The Morgan fingerprint density at radius 1 is 1.03 bits per heavy atom. The van der Waals surface area contributed by atoms with Gasteiger partial charge in [0, 0.05) is 48.6 Å². The molecule has 1 saturated heterocycles. The van der Waals surface area contributed by atoms with E-state index in [-0.39, 0.29) is 11.8 Å². The van der Waals surface area contributed by atoms with E-state index in [1.807, 2.05) is 11.1 Å². The molecule has 1 saturated carbocycles. The molecule has 6 heteroatoms. The molecule has 1 aliphatic carbocycles. The van der Waals surface area contributed by atoms with Gasteiger partial charge in [0.1, 0.15) is 5.82 Å². The van der Waals surface area contributed by atoms with E-state index in [4.69, 9.17) is 0 Å². The van der Waals surface area contributed by atoms with Crippen LogP contribution in [0.5, 0.6) is 0 Å². The minimum Gasteiger partial charge on any atom is -0.338 e.